The summed E-state index contributed by atoms with van der Waals surface area (Å²) in [7, 11) is 3.87. The smallest absolute Gasteiger partial charge is 0.234 e. The Labute approximate surface area is 131 Å². The van der Waals surface area contributed by atoms with E-state index in [4.69, 9.17) is 0 Å². The van der Waals surface area contributed by atoms with Gasteiger partial charge in [0.2, 0.25) is 5.91 Å². The van der Waals surface area contributed by atoms with E-state index in [1.165, 1.54) is 5.56 Å². The Morgan fingerprint density at radius 3 is 2.68 bits per heavy atom. The van der Waals surface area contributed by atoms with Crippen molar-refractivity contribution in [2.75, 3.05) is 20.1 Å². The quantitative estimate of drug-likeness (QED) is 0.843. The summed E-state index contributed by atoms with van der Waals surface area (Å²) in [4.78, 5) is 14.0. The van der Waals surface area contributed by atoms with E-state index in [-0.39, 0.29) is 5.91 Å². The van der Waals surface area contributed by atoms with Crippen molar-refractivity contribution in [1.82, 2.24) is 20.0 Å². The summed E-state index contributed by atoms with van der Waals surface area (Å²) in [5, 5.41) is 7.19. The van der Waals surface area contributed by atoms with E-state index in [1.807, 2.05) is 55.0 Å². The fourth-order valence-corrected chi connectivity index (χ4v) is 2.34. The van der Waals surface area contributed by atoms with Crippen molar-refractivity contribution in [3.05, 3.63) is 53.3 Å². The number of benzene rings is 1. The van der Waals surface area contributed by atoms with Crippen LogP contribution in [0.15, 0.2) is 36.5 Å². The summed E-state index contributed by atoms with van der Waals surface area (Å²) in [6.07, 6.45) is 2.72. The van der Waals surface area contributed by atoms with Crippen LogP contribution in [-0.4, -0.2) is 40.7 Å². The van der Waals surface area contributed by atoms with E-state index >= 15 is 0 Å². The van der Waals surface area contributed by atoms with Crippen LogP contribution < -0.4 is 5.32 Å². The molecule has 2 aromatic rings. The molecule has 0 bridgehead atoms. The van der Waals surface area contributed by atoms with Crippen LogP contribution in [0, 0.1) is 6.92 Å². The Morgan fingerprint density at radius 1 is 1.32 bits per heavy atom. The lowest BCUT2D eigenvalue weighted by molar-refractivity contribution is -0.122. The molecule has 1 amide bonds. The minimum Gasteiger partial charge on any atom is -0.355 e. The number of likely N-dealkylation sites (N-methyl/N-ethyl adjacent to an activating group) is 1. The number of nitrogens with zero attached hydrogens (tertiary/aromatic N) is 3. The minimum atomic E-state index is 0.0555. The summed E-state index contributed by atoms with van der Waals surface area (Å²) in [5.41, 5.74) is 3.53. The lowest BCUT2D eigenvalue weighted by atomic mass is 10.1. The summed E-state index contributed by atoms with van der Waals surface area (Å²) in [6, 6.07) is 10.2. The van der Waals surface area contributed by atoms with Crippen LogP contribution in [0.4, 0.5) is 0 Å². The second kappa shape index (κ2) is 7.75. The summed E-state index contributed by atoms with van der Waals surface area (Å²) in [5.74, 6) is 0.0555. The highest BCUT2D eigenvalue weighted by molar-refractivity contribution is 5.77. The summed E-state index contributed by atoms with van der Waals surface area (Å²) >= 11 is 0. The molecule has 0 aliphatic rings. The highest BCUT2D eigenvalue weighted by Crippen LogP contribution is 2.07. The van der Waals surface area contributed by atoms with Crippen LogP contribution in [0.1, 0.15) is 16.8 Å². The Hall–Kier alpha value is -2.14. The maximum Gasteiger partial charge on any atom is 0.234 e. The van der Waals surface area contributed by atoms with Crippen LogP contribution in [0.3, 0.4) is 0 Å². The number of aromatic nitrogens is 2. The number of carbonyl (C=O) groups excluding carboxylic acids is 1. The molecule has 0 saturated carbocycles. The topological polar surface area (TPSA) is 50.2 Å². The van der Waals surface area contributed by atoms with Crippen LogP contribution in [0.2, 0.25) is 0 Å². The van der Waals surface area contributed by atoms with E-state index in [2.05, 4.69) is 22.5 Å². The molecular weight excluding hydrogens is 276 g/mol. The van der Waals surface area contributed by atoms with Gasteiger partial charge in [-0.3, -0.25) is 14.4 Å². The molecule has 0 spiro atoms. The first-order valence-electron chi connectivity index (χ1n) is 7.53. The van der Waals surface area contributed by atoms with Crippen molar-refractivity contribution in [1.29, 1.82) is 0 Å². The van der Waals surface area contributed by atoms with Gasteiger partial charge in [-0.1, -0.05) is 30.3 Å². The molecule has 1 N–H and O–H groups in total. The average Bonchev–Trinajstić information content (AvgIpc) is 2.80. The number of aryl methyl sites for hydroxylation is 1. The normalized spacial score (nSPS) is 10.9. The fraction of sp³-hybridized carbons (Fsp3) is 0.412. The molecule has 5 heteroatoms. The third-order valence-electron chi connectivity index (χ3n) is 3.77. The molecule has 22 heavy (non-hydrogen) atoms. The van der Waals surface area contributed by atoms with E-state index in [1.54, 1.807) is 0 Å². The van der Waals surface area contributed by atoms with Gasteiger partial charge in [0.05, 0.1) is 12.7 Å². The number of hydrogen-bond acceptors (Lipinski definition) is 3. The van der Waals surface area contributed by atoms with Gasteiger partial charge in [0.1, 0.15) is 0 Å². The van der Waals surface area contributed by atoms with E-state index in [0.717, 1.165) is 24.2 Å². The van der Waals surface area contributed by atoms with Gasteiger partial charge >= 0.3 is 0 Å². The number of hydrogen-bond donors (Lipinski definition) is 1. The van der Waals surface area contributed by atoms with Crippen molar-refractivity contribution < 1.29 is 4.79 Å². The van der Waals surface area contributed by atoms with E-state index in [9.17, 15) is 4.79 Å². The number of nitrogens with one attached hydrogen (secondary N) is 1. The van der Waals surface area contributed by atoms with Gasteiger partial charge in [-0.25, -0.2) is 0 Å². The van der Waals surface area contributed by atoms with Crippen molar-refractivity contribution in [3.63, 3.8) is 0 Å². The number of carbonyl (C=O) groups is 1. The highest BCUT2D eigenvalue weighted by atomic mass is 16.2. The van der Waals surface area contributed by atoms with Crippen LogP contribution in [-0.2, 0) is 24.8 Å². The molecule has 0 atom stereocenters. The fourth-order valence-electron chi connectivity index (χ4n) is 2.34. The van der Waals surface area contributed by atoms with Gasteiger partial charge in [-0.15, -0.1) is 0 Å². The zero-order chi connectivity index (χ0) is 15.9. The van der Waals surface area contributed by atoms with E-state index < -0.39 is 0 Å². The van der Waals surface area contributed by atoms with Crippen molar-refractivity contribution in [3.8, 4) is 0 Å². The molecule has 118 valence electrons. The monoisotopic (exact) mass is 300 g/mol. The first-order chi connectivity index (χ1) is 10.6. The maximum atomic E-state index is 12.0. The van der Waals surface area contributed by atoms with Gasteiger partial charge < -0.3 is 5.32 Å². The first-order valence-corrected chi connectivity index (χ1v) is 7.53. The second-order valence-electron chi connectivity index (χ2n) is 5.64. The zero-order valence-electron chi connectivity index (χ0n) is 13.5. The zero-order valence-corrected chi connectivity index (χ0v) is 13.5. The molecule has 0 fully saturated rings. The molecule has 0 aliphatic carbocycles. The third-order valence-corrected chi connectivity index (χ3v) is 3.77. The van der Waals surface area contributed by atoms with E-state index in [0.29, 0.717) is 13.1 Å². The van der Waals surface area contributed by atoms with Crippen molar-refractivity contribution >= 4 is 5.91 Å². The maximum absolute atomic E-state index is 12.0. The van der Waals surface area contributed by atoms with Crippen LogP contribution in [0.5, 0.6) is 0 Å². The Morgan fingerprint density at radius 2 is 2.05 bits per heavy atom. The lowest BCUT2D eigenvalue weighted by Gasteiger charge is -2.16. The Bertz CT molecular complexity index is 606. The van der Waals surface area contributed by atoms with Crippen molar-refractivity contribution in [2.45, 2.75) is 19.9 Å². The predicted molar refractivity (Wildman–Crippen MR) is 87.4 cm³/mol. The minimum absolute atomic E-state index is 0.0555. The molecule has 0 aliphatic heterocycles. The lowest BCUT2D eigenvalue weighted by Crippen LogP contribution is -2.35. The molecule has 1 aromatic heterocycles. The van der Waals surface area contributed by atoms with Gasteiger partial charge in [-0.05, 0) is 26.0 Å². The van der Waals surface area contributed by atoms with Gasteiger partial charge in [0.15, 0.2) is 0 Å². The standard InChI is InChI=1S/C17H24N4O/c1-14-16(11-19-21(14)3)12-20(2)13-17(22)18-10-9-15-7-5-4-6-8-15/h4-8,11H,9-10,12-13H2,1-3H3,(H,18,22). The predicted octanol–water partition coefficient (Wildman–Crippen LogP) is 1.52. The van der Waals surface area contributed by atoms with Gasteiger partial charge in [0, 0.05) is 31.4 Å². The molecule has 2 rings (SSSR count). The molecule has 0 saturated heterocycles. The van der Waals surface area contributed by atoms with Gasteiger partial charge in [-0.2, -0.15) is 5.10 Å². The van der Waals surface area contributed by atoms with Crippen LogP contribution in [0.25, 0.3) is 0 Å². The largest absolute Gasteiger partial charge is 0.355 e. The molecule has 1 aromatic carbocycles. The third kappa shape index (κ3) is 4.70. The number of rotatable bonds is 7. The highest BCUT2D eigenvalue weighted by Gasteiger charge is 2.10. The molecule has 0 unspecified atom stereocenters. The number of amides is 1. The second-order valence-corrected chi connectivity index (χ2v) is 5.64. The molecule has 5 nitrogen and oxygen atoms in total. The average molecular weight is 300 g/mol. The van der Waals surface area contributed by atoms with Crippen LogP contribution >= 0.6 is 0 Å². The molecule has 1 heterocycles. The summed E-state index contributed by atoms with van der Waals surface area (Å²) < 4.78 is 1.85. The SMILES string of the molecule is Cc1c(CN(C)CC(=O)NCCc2ccccc2)cnn1C. The van der Waals surface area contributed by atoms with Crippen molar-refractivity contribution in [2.24, 2.45) is 7.05 Å². The molecule has 0 radical (unpaired) electrons. The first kappa shape index (κ1) is 16.2. The summed E-state index contributed by atoms with van der Waals surface area (Å²) in [6.45, 7) is 3.83. The van der Waals surface area contributed by atoms with Gasteiger partial charge in [0.25, 0.3) is 0 Å². The molecular formula is C17H24N4O. The Balaban J connectivity index is 1.71. The Kier molecular flexibility index (Phi) is 5.72.